The first-order chi connectivity index (χ1) is 7.50. The smallest absolute Gasteiger partial charge is 0.405 e. The van der Waals surface area contributed by atoms with E-state index in [9.17, 15) is 14.8 Å². The Labute approximate surface area is 92.3 Å². The highest BCUT2D eigenvalue weighted by atomic mass is 16.6. The molecule has 0 saturated carbocycles. The van der Waals surface area contributed by atoms with E-state index in [-0.39, 0.29) is 19.4 Å². The zero-order chi connectivity index (χ0) is 11.8. The van der Waals surface area contributed by atoms with Gasteiger partial charge in [-0.2, -0.15) is 0 Å². The molecule has 0 aromatic heterocycles. The third kappa shape index (κ3) is 1.95. The number of hydrogen-bond donors (Lipinski definition) is 3. The summed E-state index contributed by atoms with van der Waals surface area (Å²) in [5, 5.41) is 27.9. The molecule has 1 aliphatic heterocycles. The lowest BCUT2D eigenvalue weighted by Crippen LogP contribution is -2.49. The van der Waals surface area contributed by atoms with Gasteiger partial charge in [-0.3, -0.25) is 4.79 Å². The molecule has 0 aliphatic carbocycles. The summed E-state index contributed by atoms with van der Waals surface area (Å²) < 4.78 is 4.88. The summed E-state index contributed by atoms with van der Waals surface area (Å²) in [6.07, 6.45) is 0.231. The van der Waals surface area contributed by atoms with Crippen LogP contribution >= 0.6 is 0 Å². The van der Waals surface area contributed by atoms with Crippen molar-refractivity contribution in [2.75, 3.05) is 0 Å². The van der Waals surface area contributed by atoms with E-state index in [4.69, 9.17) is 9.76 Å². The van der Waals surface area contributed by atoms with Gasteiger partial charge in [0.15, 0.2) is 0 Å². The lowest BCUT2D eigenvalue weighted by Gasteiger charge is -2.25. The Morgan fingerprint density at radius 2 is 2.19 bits per heavy atom. The topological polar surface area (TPSA) is 87.0 Å². The third-order valence-electron chi connectivity index (χ3n) is 2.74. The van der Waals surface area contributed by atoms with Crippen molar-refractivity contribution in [1.82, 2.24) is 0 Å². The standard InChI is InChI=1S/C10H12BO5/c12-9(13)5-4-7-2-1-3-8-6-16-11(14,15)10(7)8/h1-3,14-15H,4-6H2,(H,12,13)/q-1. The lowest BCUT2D eigenvalue weighted by atomic mass is 9.67. The van der Waals surface area contributed by atoms with Crippen LogP contribution in [0.3, 0.4) is 0 Å². The van der Waals surface area contributed by atoms with Crippen LogP contribution in [0.2, 0.25) is 0 Å². The highest BCUT2D eigenvalue weighted by Crippen LogP contribution is 2.18. The van der Waals surface area contributed by atoms with Crippen LogP contribution in [0, 0.1) is 0 Å². The van der Waals surface area contributed by atoms with Crippen LogP contribution in [0.4, 0.5) is 0 Å². The van der Waals surface area contributed by atoms with Gasteiger partial charge in [0.2, 0.25) is 0 Å². The van der Waals surface area contributed by atoms with Crippen LogP contribution in [0.5, 0.6) is 0 Å². The molecule has 0 fully saturated rings. The van der Waals surface area contributed by atoms with Gasteiger partial charge in [-0.15, -0.1) is 5.46 Å². The Bertz CT molecular complexity index is 429. The zero-order valence-corrected chi connectivity index (χ0v) is 8.59. The second-order valence-electron chi connectivity index (χ2n) is 3.90. The van der Waals surface area contributed by atoms with Crippen molar-refractivity contribution in [3.8, 4) is 0 Å². The SMILES string of the molecule is O=C(O)CCc1cccc2c1[B-](O)(O)OC2. The van der Waals surface area contributed by atoms with Crippen LogP contribution in [-0.4, -0.2) is 27.9 Å². The van der Waals surface area contributed by atoms with Gasteiger partial charge in [0.05, 0.1) is 0 Å². The monoisotopic (exact) mass is 223 g/mol. The van der Waals surface area contributed by atoms with Gasteiger partial charge in [-0.05, 0) is 6.42 Å². The van der Waals surface area contributed by atoms with Crippen molar-refractivity contribution in [3.05, 3.63) is 29.3 Å². The molecule has 0 spiro atoms. The molecule has 1 aliphatic rings. The molecule has 1 aromatic rings. The van der Waals surface area contributed by atoms with E-state index in [0.717, 1.165) is 0 Å². The summed E-state index contributed by atoms with van der Waals surface area (Å²) in [5.41, 5.74) is 1.69. The molecule has 0 atom stereocenters. The predicted molar refractivity (Wildman–Crippen MR) is 57.0 cm³/mol. The Morgan fingerprint density at radius 3 is 2.88 bits per heavy atom. The summed E-state index contributed by atoms with van der Waals surface area (Å²) in [4.78, 5) is 10.5. The van der Waals surface area contributed by atoms with Crippen LogP contribution in [0.15, 0.2) is 18.2 Å². The largest absolute Gasteiger partial charge is 0.556 e. The summed E-state index contributed by atoms with van der Waals surface area (Å²) in [6, 6.07) is 5.20. The van der Waals surface area contributed by atoms with Crippen molar-refractivity contribution in [1.29, 1.82) is 0 Å². The number of aryl methyl sites for hydroxylation is 1. The molecule has 1 aromatic carbocycles. The Balaban J connectivity index is 2.33. The molecular weight excluding hydrogens is 211 g/mol. The van der Waals surface area contributed by atoms with Gasteiger partial charge in [-0.25, -0.2) is 0 Å². The van der Waals surface area contributed by atoms with Crippen LogP contribution in [-0.2, 0) is 22.5 Å². The van der Waals surface area contributed by atoms with Gasteiger partial charge in [0.25, 0.3) is 0 Å². The second-order valence-corrected chi connectivity index (χ2v) is 3.90. The van der Waals surface area contributed by atoms with Crippen LogP contribution in [0.25, 0.3) is 0 Å². The average molecular weight is 223 g/mol. The van der Waals surface area contributed by atoms with E-state index >= 15 is 0 Å². The summed E-state index contributed by atoms with van der Waals surface area (Å²) >= 11 is 0. The van der Waals surface area contributed by atoms with Crippen molar-refractivity contribution in [2.24, 2.45) is 0 Å². The molecule has 0 bridgehead atoms. The molecule has 0 radical (unpaired) electrons. The number of carbonyl (C=O) groups is 1. The maximum atomic E-state index is 10.5. The van der Waals surface area contributed by atoms with Crippen molar-refractivity contribution < 1.29 is 24.6 Å². The number of carboxylic acids is 1. The fourth-order valence-corrected chi connectivity index (χ4v) is 2.02. The summed E-state index contributed by atoms with van der Waals surface area (Å²) in [5.74, 6) is -0.912. The molecule has 5 nitrogen and oxygen atoms in total. The van der Waals surface area contributed by atoms with E-state index in [1.165, 1.54) is 0 Å². The van der Waals surface area contributed by atoms with E-state index in [1.54, 1.807) is 18.2 Å². The van der Waals surface area contributed by atoms with Gasteiger partial charge in [-0.1, -0.05) is 29.3 Å². The molecular formula is C10H12BO5-. The predicted octanol–water partition coefficient (Wildman–Crippen LogP) is -0.636. The van der Waals surface area contributed by atoms with Crippen LogP contribution in [0.1, 0.15) is 17.5 Å². The lowest BCUT2D eigenvalue weighted by molar-refractivity contribution is -0.136. The molecule has 1 heterocycles. The zero-order valence-electron chi connectivity index (χ0n) is 8.59. The molecule has 16 heavy (non-hydrogen) atoms. The van der Waals surface area contributed by atoms with E-state index < -0.39 is 12.7 Å². The Morgan fingerprint density at radius 1 is 1.44 bits per heavy atom. The molecule has 2 rings (SSSR count). The molecule has 0 saturated heterocycles. The second kappa shape index (κ2) is 3.90. The summed E-state index contributed by atoms with van der Waals surface area (Å²) in [6.45, 7) is -2.80. The van der Waals surface area contributed by atoms with E-state index in [2.05, 4.69) is 0 Å². The van der Waals surface area contributed by atoms with Crippen LogP contribution < -0.4 is 5.46 Å². The van der Waals surface area contributed by atoms with E-state index in [0.29, 0.717) is 16.6 Å². The number of rotatable bonds is 3. The quantitative estimate of drug-likeness (QED) is 0.593. The first-order valence-corrected chi connectivity index (χ1v) is 5.06. The fourth-order valence-electron chi connectivity index (χ4n) is 2.02. The first kappa shape index (κ1) is 11.1. The average Bonchev–Trinajstić information content (AvgIpc) is 2.53. The van der Waals surface area contributed by atoms with Crippen molar-refractivity contribution in [3.63, 3.8) is 0 Å². The van der Waals surface area contributed by atoms with Crippen molar-refractivity contribution >= 4 is 18.2 Å². The Kier molecular flexibility index (Phi) is 2.71. The fraction of sp³-hybridized carbons (Fsp3) is 0.300. The highest BCUT2D eigenvalue weighted by molar-refractivity contribution is 6.74. The molecule has 86 valence electrons. The van der Waals surface area contributed by atoms with Gasteiger partial charge in [0.1, 0.15) is 0 Å². The van der Waals surface area contributed by atoms with Gasteiger partial charge < -0.3 is 19.8 Å². The maximum absolute atomic E-state index is 10.5. The van der Waals surface area contributed by atoms with Gasteiger partial charge >= 0.3 is 12.7 Å². The molecule has 3 N–H and O–H groups in total. The molecule has 0 unspecified atom stereocenters. The molecule has 6 heteroatoms. The Hall–Kier alpha value is -1.37. The highest BCUT2D eigenvalue weighted by Gasteiger charge is 2.33. The minimum Gasteiger partial charge on any atom is -0.556 e. The minimum absolute atomic E-state index is 0.0391. The normalized spacial score (nSPS) is 17.1. The summed E-state index contributed by atoms with van der Waals surface area (Å²) in [7, 11) is 0. The number of aliphatic carboxylic acids is 1. The number of carboxylic acid groups (broad SMARTS) is 1. The minimum atomic E-state index is -2.95. The number of hydrogen-bond acceptors (Lipinski definition) is 4. The third-order valence-corrected chi connectivity index (χ3v) is 2.74. The first-order valence-electron chi connectivity index (χ1n) is 5.06. The maximum Gasteiger partial charge on any atom is 0.405 e. The van der Waals surface area contributed by atoms with Crippen molar-refractivity contribution in [2.45, 2.75) is 19.4 Å². The van der Waals surface area contributed by atoms with Gasteiger partial charge in [0, 0.05) is 13.0 Å². The van der Waals surface area contributed by atoms with E-state index in [1.807, 2.05) is 0 Å². The number of fused-ring (bicyclic) bond motifs is 1. The number of benzene rings is 1. The molecule has 0 amide bonds.